The van der Waals surface area contributed by atoms with Gasteiger partial charge in [0.05, 0.1) is 28.1 Å². The Labute approximate surface area is 187 Å². The number of anilines is 2. The molecule has 3 aromatic rings. The second-order valence-corrected chi connectivity index (χ2v) is 8.34. The van der Waals surface area contributed by atoms with Crippen LogP contribution in [0.5, 0.6) is 0 Å². The number of non-ortho nitro benzene ring substituents is 1. The van der Waals surface area contributed by atoms with Gasteiger partial charge in [0.25, 0.3) is 15.7 Å². The summed E-state index contributed by atoms with van der Waals surface area (Å²) >= 11 is 6.05. The fourth-order valence-corrected chi connectivity index (χ4v) is 4.09. The van der Waals surface area contributed by atoms with E-state index in [1.54, 1.807) is 24.3 Å². The fourth-order valence-electron chi connectivity index (χ4n) is 2.65. The van der Waals surface area contributed by atoms with Crippen LogP contribution in [0, 0.1) is 10.1 Å². The molecule has 3 rings (SSSR count). The van der Waals surface area contributed by atoms with E-state index < -0.39 is 31.5 Å². The van der Waals surface area contributed by atoms with E-state index in [1.165, 1.54) is 36.5 Å². The summed E-state index contributed by atoms with van der Waals surface area (Å²) in [6.45, 7) is 0. The third-order valence-corrected chi connectivity index (χ3v) is 5.91. The number of nitro benzene ring substituents is 1. The number of nitrogens with one attached hydrogen (secondary N) is 2. The van der Waals surface area contributed by atoms with Crippen molar-refractivity contribution in [3.8, 4) is 0 Å². The number of carboxylic acids is 1. The van der Waals surface area contributed by atoms with Crippen molar-refractivity contribution >= 4 is 50.9 Å². The lowest BCUT2D eigenvalue weighted by atomic mass is 10.2. The Morgan fingerprint density at radius 3 is 2.44 bits per heavy atom. The molecule has 0 spiro atoms. The molecule has 0 aliphatic rings. The molecule has 32 heavy (non-hydrogen) atoms. The van der Waals surface area contributed by atoms with Gasteiger partial charge in [-0.15, -0.1) is 0 Å². The quantitative estimate of drug-likeness (QED) is 0.251. The van der Waals surface area contributed by atoms with Crippen LogP contribution in [0.25, 0.3) is 0 Å². The first kappa shape index (κ1) is 22.7. The van der Waals surface area contributed by atoms with Crippen LogP contribution in [0.4, 0.5) is 17.1 Å². The Kier molecular flexibility index (Phi) is 6.71. The Morgan fingerprint density at radius 1 is 1.06 bits per heavy atom. The van der Waals surface area contributed by atoms with Crippen LogP contribution in [0.3, 0.4) is 0 Å². The van der Waals surface area contributed by atoms with Crippen LogP contribution in [-0.2, 0) is 10.0 Å². The van der Waals surface area contributed by atoms with Gasteiger partial charge >= 0.3 is 5.97 Å². The molecule has 3 aromatic carbocycles. The smallest absolute Gasteiger partial charge is 0.337 e. The summed E-state index contributed by atoms with van der Waals surface area (Å²) < 4.78 is 28.2. The normalized spacial score (nSPS) is 11.3. The number of hydrogen-bond donors (Lipinski definition) is 3. The van der Waals surface area contributed by atoms with Gasteiger partial charge in [-0.1, -0.05) is 41.9 Å². The Balaban J connectivity index is 2.00. The van der Waals surface area contributed by atoms with E-state index >= 15 is 0 Å². The van der Waals surface area contributed by atoms with E-state index in [2.05, 4.69) is 15.2 Å². The standard InChI is InChI=1S/C20H15ClN4O6S/c21-16-7-3-1-5-13(16)12-22-23-18-10-9-14(25(28)29)11-19(18)32(30,31)24-17-8-4-2-6-15(17)20(26)27/h1-12,23-24H,(H,26,27). The van der Waals surface area contributed by atoms with Crippen molar-refractivity contribution in [1.29, 1.82) is 0 Å². The first-order valence-electron chi connectivity index (χ1n) is 8.86. The van der Waals surface area contributed by atoms with Crippen molar-refractivity contribution in [2.45, 2.75) is 4.90 Å². The highest BCUT2D eigenvalue weighted by Gasteiger charge is 2.24. The first-order valence-corrected chi connectivity index (χ1v) is 10.7. The van der Waals surface area contributed by atoms with E-state index in [4.69, 9.17) is 11.6 Å². The largest absolute Gasteiger partial charge is 0.478 e. The lowest BCUT2D eigenvalue weighted by molar-refractivity contribution is -0.385. The Hall–Kier alpha value is -3.96. The zero-order valence-corrected chi connectivity index (χ0v) is 17.7. The number of hydrogen-bond acceptors (Lipinski definition) is 7. The van der Waals surface area contributed by atoms with E-state index in [9.17, 15) is 28.4 Å². The van der Waals surface area contributed by atoms with Gasteiger partial charge in [-0.2, -0.15) is 5.10 Å². The molecule has 0 radical (unpaired) electrons. The average Bonchev–Trinajstić information content (AvgIpc) is 2.75. The molecule has 164 valence electrons. The maximum absolute atomic E-state index is 13.0. The monoisotopic (exact) mass is 474 g/mol. The van der Waals surface area contributed by atoms with Gasteiger partial charge < -0.3 is 5.11 Å². The minimum absolute atomic E-state index is 0.0702. The summed E-state index contributed by atoms with van der Waals surface area (Å²) in [5, 5.41) is 24.8. The van der Waals surface area contributed by atoms with Crippen LogP contribution in [0.15, 0.2) is 76.7 Å². The van der Waals surface area contributed by atoms with E-state index in [0.717, 1.165) is 12.1 Å². The van der Waals surface area contributed by atoms with Gasteiger partial charge in [0.15, 0.2) is 0 Å². The SMILES string of the molecule is O=C(O)c1ccccc1NS(=O)(=O)c1cc([N+](=O)[O-])ccc1NN=Cc1ccccc1Cl. The number of rotatable bonds is 8. The van der Waals surface area contributed by atoms with Crippen LogP contribution >= 0.6 is 11.6 Å². The number of nitrogens with zero attached hydrogens (tertiary/aromatic N) is 2. The molecule has 0 aliphatic carbocycles. The van der Waals surface area contributed by atoms with E-state index in [-0.39, 0.29) is 16.9 Å². The number of nitro groups is 1. The molecule has 0 bridgehead atoms. The van der Waals surface area contributed by atoms with Crippen LogP contribution in [-0.4, -0.2) is 30.6 Å². The average molecular weight is 475 g/mol. The number of para-hydroxylation sites is 1. The van der Waals surface area contributed by atoms with Crippen LogP contribution in [0.2, 0.25) is 5.02 Å². The molecular weight excluding hydrogens is 460 g/mol. The minimum Gasteiger partial charge on any atom is -0.478 e. The third-order valence-electron chi connectivity index (χ3n) is 4.16. The maximum atomic E-state index is 13.0. The van der Waals surface area contributed by atoms with Crippen LogP contribution < -0.4 is 10.1 Å². The number of carbonyl (C=O) groups is 1. The molecule has 0 amide bonds. The number of carboxylic acid groups (broad SMARTS) is 1. The summed E-state index contributed by atoms with van der Waals surface area (Å²) in [5.74, 6) is -1.34. The third kappa shape index (κ3) is 5.20. The topological polar surface area (TPSA) is 151 Å². The Morgan fingerprint density at radius 2 is 1.75 bits per heavy atom. The van der Waals surface area contributed by atoms with Gasteiger partial charge in [-0.05, 0) is 24.3 Å². The van der Waals surface area contributed by atoms with Crippen molar-refractivity contribution in [2.75, 3.05) is 10.1 Å². The highest BCUT2D eigenvalue weighted by atomic mass is 35.5. The molecule has 0 fully saturated rings. The van der Waals surface area contributed by atoms with Gasteiger partial charge in [0.2, 0.25) is 0 Å². The molecule has 3 N–H and O–H groups in total. The number of benzene rings is 3. The summed E-state index contributed by atoms with van der Waals surface area (Å²) in [7, 11) is -4.44. The maximum Gasteiger partial charge on any atom is 0.337 e. The van der Waals surface area contributed by atoms with Crippen molar-refractivity contribution in [3.05, 3.63) is 93.0 Å². The highest BCUT2D eigenvalue weighted by Crippen LogP contribution is 2.29. The number of aromatic carboxylic acids is 1. The molecule has 0 aliphatic heterocycles. The number of halogens is 1. The lowest BCUT2D eigenvalue weighted by Crippen LogP contribution is -2.17. The van der Waals surface area contributed by atoms with Crippen molar-refractivity contribution in [1.82, 2.24) is 0 Å². The number of sulfonamides is 1. The molecule has 12 heteroatoms. The zero-order valence-electron chi connectivity index (χ0n) is 16.1. The minimum atomic E-state index is -4.44. The second kappa shape index (κ2) is 9.45. The molecule has 0 heterocycles. The van der Waals surface area contributed by atoms with Crippen molar-refractivity contribution in [2.24, 2.45) is 5.10 Å². The molecule has 0 saturated carbocycles. The molecule has 10 nitrogen and oxygen atoms in total. The second-order valence-electron chi connectivity index (χ2n) is 6.29. The fraction of sp³-hybridized carbons (Fsp3) is 0. The lowest BCUT2D eigenvalue weighted by Gasteiger charge is -2.13. The summed E-state index contributed by atoms with van der Waals surface area (Å²) in [6, 6.07) is 15.3. The summed E-state index contributed by atoms with van der Waals surface area (Å²) in [4.78, 5) is 21.3. The van der Waals surface area contributed by atoms with Gasteiger partial charge in [0, 0.05) is 22.7 Å². The van der Waals surface area contributed by atoms with Crippen molar-refractivity contribution < 1.29 is 23.2 Å². The first-order chi connectivity index (χ1) is 15.2. The molecular formula is C20H15ClN4O6S. The molecule has 0 unspecified atom stereocenters. The number of hydrazone groups is 1. The van der Waals surface area contributed by atoms with Gasteiger partial charge in [-0.3, -0.25) is 20.3 Å². The van der Waals surface area contributed by atoms with Gasteiger partial charge in [-0.25, -0.2) is 13.2 Å². The summed E-state index contributed by atoms with van der Waals surface area (Å²) in [6.07, 6.45) is 1.35. The predicted molar refractivity (Wildman–Crippen MR) is 120 cm³/mol. The molecule has 0 saturated heterocycles. The van der Waals surface area contributed by atoms with Crippen molar-refractivity contribution in [3.63, 3.8) is 0 Å². The van der Waals surface area contributed by atoms with Crippen LogP contribution in [0.1, 0.15) is 15.9 Å². The van der Waals surface area contributed by atoms with E-state index in [1.807, 2.05) is 0 Å². The van der Waals surface area contributed by atoms with Gasteiger partial charge in [0.1, 0.15) is 4.90 Å². The zero-order chi connectivity index (χ0) is 23.3. The molecule has 0 atom stereocenters. The Bertz CT molecular complexity index is 1330. The summed E-state index contributed by atoms with van der Waals surface area (Å²) in [5.41, 5.74) is 2.07. The highest BCUT2D eigenvalue weighted by molar-refractivity contribution is 7.93. The van der Waals surface area contributed by atoms with E-state index in [0.29, 0.717) is 10.6 Å². The predicted octanol–water partition coefficient (Wildman–Crippen LogP) is 4.19. The molecule has 0 aromatic heterocycles.